The van der Waals surface area contributed by atoms with Crippen LogP contribution in [-0.4, -0.2) is 16.6 Å². The van der Waals surface area contributed by atoms with Crippen LogP contribution in [0, 0.1) is 0 Å². The van der Waals surface area contributed by atoms with Gasteiger partial charge in [-0.1, -0.05) is 35.3 Å². The molecule has 1 fully saturated rings. The first-order valence-electron chi connectivity index (χ1n) is 5.97. The number of rotatable bonds is 2. The van der Waals surface area contributed by atoms with Crippen molar-refractivity contribution in [2.45, 2.75) is 5.37 Å². The highest BCUT2D eigenvalue weighted by molar-refractivity contribution is 8.00. The Labute approximate surface area is 130 Å². The summed E-state index contributed by atoms with van der Waals surface area (Å²) in [6.07, 6.45) is 1.66. The van der Waals surface area contributed by atoms with Gasteiger partial charge in [0.1, 0.15) is 11.2 Å². The predicted molar refractivity (Wildman–Crippen MR) is 83.4 cm³/mol. The van der Waals surface area contributed by atoms with Crippen LogP contribution in [-0.2, 0) is 4.79 Å². The van der Waals surface area contributed by atoms with Gasteiger partial charge in [-0.15, -0.1) is 11.8 Å². The van der Waals surface area contributed by atoms with E-state index in [9.17, 15) is 4.79 Å². The van der Waals surface area contributed by atoms with Crippen molar-refractivity contribution in [3.8, 4) is 0 Å². The molecule has 1 saturated heterocycles. The Balaban J connectivity index is 2.07. The third kappa shape index (κ3) is 2.39. The van der Waals surface area contributed by atoms with E-state index in [-0.39, 0.29) is 11.3 Å². The maximum absolute atomic E-state index is 12.2. The first-order valence-corrected chi connectivity index (χ1v) is 7.77. The molecule has 3 rings (SSSR count). The van der Waals surface area contributed by atoms with Crippen LogP contribution < -0.4 is 4.90 Å². The Morgan fingerprint density at radius 1 is 1.15 bits per heavy atom. The van der Waals surface area contributed by atoms with Crippen LogP contribution in [0.1, 0.15) is 10.9 Å². The summed E-state index contributed by atoms with van der Waals surface area (Å²) in [5.41, 5.74) is 0.761. The molecular formula is C14H10Cl2N2OS. The second kappa shape index (κ2) is 5.64. The SMILES string of the molecule is O=C1CS[C@@H](c2c(Cl)cccc2Cl)N1c1ccccn1. The fourth-order valence-corrected chi connectivity index (χ4v) is 4.10. The van der Waals surface area contributed by atoms with Crippen LogP contribution in [0.5, 0.6) is 0 Å². The highest BCUT2D eigenvalue weighted by Gasteiger charge is 2.36. The Morgan fingerprint density at radius 3 is 2.55 bits per heavy atom. The van der Waals surface area contributed by atoms with E-state index < -0.39 is 0 Å². The zero-order valence-electron chi connectivity index (χ0n) is 10.3. The Bertz CT molecular complexity index is 631. The molecule has 0 bridgehead atoms. The summed E-state index contributed by atoms with van der Waals surface area (Å²) in [6.45, 7) is 0. The van der Waals surface area contributed by atoms with Crippen molar-refractivity contribution >= 4 is 46.7 Å². The van der Waals surface area contributed by atoms with Gasteiger partial charge < -0.3 is 0 Å². The number of halogens is 2. The lowest BCUT2D eigenvalue weighted by Crippen LogP contribution is -2.28. The minimum Gasteiger partial charge on any atom is -0.279 e. The average Bonchev–Trinajstić information content (AvgIpc) is 2.81. The molecule has 1 amide bonds. The number of carbonyl (C=O) groups is 1. The fourth-order valence-electron chi connectivity index (χ4n) is 2.13. The average molecular weight is 325 g/mol. The standard InChI is InChI=1S/C14H10Cl2N2OS/c15-9-4-3-5-10(16)13(9)14-18(12(19)8-20-14)11-6-1-2-7-17-11/h1-7,14H,8H2/t14-/m0/s1. The van der Waals surface area contributed by atoms with E-state index in [1.807, 2.05) is 18.2 Å². The van der Waals surface area contributed by atoms with Gasteiger partial charge in [-0.25, -0.2) is 4.98 Å². The number of hydrogen-bond acceptors (Lipinski definition) is 3. The van der Waals surface area contributed by atoms with E-state index in [2.05, 4.69) is 4.98 Å². The van der Waals surface area contributed by atoms with Crippen LogP contribution in [0.4, 0.5) is 5.82 Å². The number of anilines is 1. The van der Waals surface area contributed by atoms with Gasteiger partial charge in [-0.2, -0.15) is 0 Å². The third-order valence-corrected chi connectivity index (χ3v) is 4.85. The molecule has 1 aliphatic rings. The molecule has 0 saturated carbocycles. The molecule has 1 atom stereocenters. The number of pyridine rings is 1. The van der Waals surface area contributed by atoms with Gasteiger partial charge in [0.05, 0.1) is 5.75 Å². The quantitative estimate of drug-likeness (QED) is 0.831. The van der Waals surface area contributed by atoms with Crippen molar-refractivity contribution in [1.29, 1.82) is 0 Å². The number of hydrogen-bond donors (Lipinski definition) is 0. The Morgan fingerprint density at radius 2 is 1.90 bits per heavy atom. The topological polar surface area (TPSA) is 33.2 Å². The van der Waals surface area contributed by atoms with Crippen LogP contribution in [0.25, 0.3) is 0 Å². The van der Waals surface area contributed by atoms with Crippen molar-refractivity contribution in [1.82, 2.24) is 4.98 Å². The Hall–Kier alpha value is -1.23. The van der Waals surface area contributed by atoms with Crippen molar-refractivity contribution in [2.75, 3.05) is 10.7 Å². The summed E-state index contributed by atoms with van der Waals surface area (Å²) in [5, 5.41) is 0.884. The summed E-state index contributed by atoms with van der Waals surface area (Å²) in [4.78, 5) is 18.1. The first-order chi connectivity index (χ1) is 9.68. The number of carbonyl (C=O) groups excluding carboxylic acids is 1. The lowest BCUT2D eigenvalue weighted by atomic mass is 10.2. The molecule has 0 radical (unpaired) electrons. The van der Waals surface area contributed by atoms with Crippen LogP contribution in [0.2, 0.25) is 10.0 Å². The zero-order valence-corrected chi connectivity index (χ0v) is 12.6. The van der Waals surface area contributed by atoms with Crippen molar-refractivity contribution < 1.29 is 4.79 Å². The van der Waals surface area contributed by atoms with Gasteiger partial charge in [0.2, 0.25) is 5.91 Å². The molecule has 1 aromatic carbocycles. The molecule has 1 aromatic heterocycles. The zero-order chi connectivity index (χ0) is 14.1. The predicted octanol–water partition coefficient (Wildman–Crippen LogP) is 4.17. The number of benzene rings is 1. The number of aromatic nitrogens is 1. The molecule has 1 aliphatic heterocycles. The summed E-state index contributed by atoms with van der Waals surface area (Å²) in [7, 11) is 0. The second-order valence-electron chi connectivity index (χ2n) is 4.25. The minimum atomic E-state index is -0.237. The molecule has 2 aromatic rings. The van der Waals surface area contributed by atoms with E-state index in [0.29, 0.717) is 21.6 Å². The van der Waals surface area contributed by atoms with Crippen LogP contribution >= 0.6 is 35.0 Å². The second-order valence-corrected chi connectivity index (χ2v) is 6.13. The van der Waals surface area contributed by atoms with Gasteiger partial charge in [0.25, 0.3) is 0 Å². The van der Waals surface area contributed by atoms with Gasteiger partial charge in [-0.3, -0.25) is 9.69 Å². The summed E-state index contributed by atoms with van der Waals surface area (Å²) in [6, 6.07) is 10.8. The minimum absolute atomic E-state index is 0.00897. The van der Waals surface area contributed by atoms with Gasteiger partial charge in [-0.05, 0) is 24.3 Å². The van der Waals surface area contributed by atoms with E-state index in [1.54, 1.807) is 29.3 Å². The fraction of sp³-hybridized carbons (Fsp3) is 0.143. The monoisotopic (exact) mass is 324 g/mol. The Kier molecular flexibility index (Phi) is 3.87. The van der Waals surface area contributed by atoms with Gasteiger partial charge in [0, 0.05) is 21.8 Å². The lowest BCUT2D eigenvalue weighted by Gasteiger charge is -2.24. The molecule has 102 valence electrons. The maximum atomic E-state index is 12.2. The third-order valence-electron chi connectivity index (χ3n) is 3.01. The van der Waals surface area contributed by atoms with Gasteiger partial charge >= 0.3 is 0 Å². The van der Waals surface area contributed by atoms with Crippen molar-refractivity contribution in [2.24, 2.45) is 0 Å². The van der Waals surface area contributed by atoms with Gasteiger partial charge in [0.15, 0.2) is 0 Å². The van der Waals surface area contributed by atoms with Crippen LogP contribution in [0.15, 0.2) is 42.6 Å². The highest BCUT2D eigenvalue weighted by Crippen LogP contribution is 2.45. The number of nitrogens with zero attached hydrogens (tertiary/aromatic N) is 2. The summed E-state index contributed by atoms with van der Waals surface area (Å²) in [5.74, 6) is 1.01. The molecule has 6 heteroatoms. The molecule has 3 nitrogen and oxygen atoms in total. The molecule has 0 unspecified atom stereocenters. The number of amides is 1. The van der Waals surface area contributed by atoms with Crippen LogP contribution in [0.3, 0.4) is 0 Å². The van der Waals surface area contributed by atoms with E-state index >= 15 is 0 Å². The summed E-state index contributed by atoms with van der Waals surface area (Å²) < 4.78 is 0. The van der Waals surface area contributed by atoms with Crippen molar-refractivity contribution in [3.05, 3.63) is 58.2 Å². The lowest BCUT2D eigenvalue weighted by molar-refractivity contribution is -0.115. The normalized spacial score (nSPS) is 18.6. The number of thioether (sulfide) groups is 1. The molecule has 20 heavy (non-hydrogen) atoms. The summed E-state index contributed by atoms with van der Waals surface area (Å²) >= 11 is 14.0. The smallest absolute Gasteiger partial charge is 0.239 e. The molecule has 0 N–H and O–H groups in total. The first kappa shape index (κ1) is 13.7. The van der Waals surface area contributed by atoms with E-state index in [0.717, 1.165) is 5.56 Å². The molecule has 0 spiro atoms. The molecule has 0 aliphatic carbocycles. The van der Waals surface area contributed by atoms with E-state index in [4.69, 9.17) is 23.2 Å². The van der Waals surface area contributed by atoms with Crippen molar-refractivity contribution in [3.63, 3.8) is 0 Å². The maximum Gasteiger partial charge on any atom is 0.239 e. The highest BCUT2D eigenvalue weighted by atomic mass is 35.5. The molecular weight excluding hydrogens is 315 g/mol. The molecule has 2 heterocycles. The van der Waals surface area contributed by atoms with E-state index in [1.165, 1.54) is 11.8 Å². The largest absolute Gasteiger partial charge is 0.279 e.